The standard InChI is InChI=1S/C29H43FN6O5/c1-19(2)26(34-27(39)20-7-9-22(10-8-20)35-13-15-41-16-14-35)28(40)36-12-4-6-23(36)24(37)17-21(25(38)18-30)5-3-11-33-29(31)32/h7-10,19,21,23,26H,3-6,11-18H2,1-2H3,(H,34,39)(H4,31,32,33)/t21-,23+,26+/m1/s1. The number of amides is 2. The number of halogens is 1. The molecule has 2 amide bonds. The number of rotatable bonds is 14. The molecule has 0 unspecified atom stereocenters. The number of carbonyl (C=O) groups excluding carboxylic acids is 4. The normalized spacial score (nSPS) is 18.6. The van der Waals surface area contributed by atoms with E-state index >= 15 is 0 Å². The predicted molar refractivity (Wildman–Crippen MR) is 154 cm³/mol. The van der Waals surface area contributed by atoms with E-state index in [9.17, 15) is 23.6 Å². The van der Waals surface area contributed by atoms with Crippen molar-refractivity contribution >= 4 is 35.0 Å². The predicted octanol–water partition coefficient (Wildman–Crippen LogP) is 1.44. The zero-order chi connectivity index (χ0) is 29.9. The van der Waals surface area contributed by atoms with Crippen molar-refractivity contribution in [2.45, 2.75) is 58.0 Å². The van der Waals surface area contributed by atoms with E-state index in [-0.39, 0.29) is 48.9 Å². The summed E-state index contributed by atoms with van der Waals surface area (Å²) in [5.41, 5.74) is 12.1. The Bertz CT molecular complexity index is 1090. The quantitative estimate of drug-likeness (QED) is 0.171. The van der Waals surface area contributed by atoms with Gasteiger partial charge in [-0.25, -0.2) is 4.39 Å². The van der Waals surface area contributed by atoms with Gasteiger partial charge in [0.1, 0.15) is 12.7 Å². The highest BCUT2D eigenvalue weighted by Crippen LogP contribution is 2.25. The average molecular weight is 575 g/mol. The van der Waals surface area contributed by atoms with Gasteiger partial charge in [-0.3, -0.25) is 24.2 Å². The second kappa shape index (κ2) is 15.5. The maximum atomic E-state index is 13.7. The molecule has 0 aromatic heterocycles. The Hall–Kier alpha value is -3.54. The molecule has 1 aromatic rings. The molecular weight excluding hydrogens is 531 g/mol. The van der Waals surface area contributed by atoms with Gasteiger partial charge in [0.05, 0.1) is 19.3 Å². The third-order valence-electron chi connectivity index (χ3n) is 7.67. The van der Waals surface area contributed by atoms with Gasteiger partial charge >= 0.3 is 0 Å². The Kier molecular flexibility index (Phi) is 12.1. The molecule has 0 bridgehead atoms. The van der Waals surface area contributed by atoms with Crippen LogP contribution in [-0.2, 0) is 19.1 Å². The molecule has 0 saturated carbocycles. The summed E-state index contributed by atoms with van der Waals surface area (Å²) in [7, 11) is 0. The number of alkyl halides is 1. The van der Waals surface area contributed by atoms with Gasteiger partial charge in [0.25, 0.3) is 5.91 Å². The minimum Gasteiger partial charge on any atom is -0.378 e. The zero-order valence-electron chi connectivity index (χ0n) is 24.0. The fourth-order valence-electron chi connectivity index (χ4n) is 5.34. The fourth-order valence-corrected chi connectivity index (χ4v) is 5.34. The van der Waals surface area contributed by atoms with Crippen LogP contribution < -0.4 is 21.7 Å². The smallest absolute Gasteiger partial charge is 0.251 e. The number of guanidine groups is 1. The summed E-state index contributed by atoms with van der Waals surface area (Å²) < 4.78 is 18.6. The highest BCUT2D eigenvalue weighted by molar-refractivity contribution is 5.99. The Balaban J connectivity index is 1.64. The highest BCUT2D eigenvalue weighted by atomic mass is 19.1. The second-order valence-electron chi connectivity index (χ2n) is 10.9. The number of hydrogen-bond acceptors (Lipinski definition) is 7. The van der Waals surface area contributed by atoms with Crippen LogP contribution in [0.5, 0.6) is 0 Å². The fraction of sp³-hybridized carbons (Fsp3) is 0.621. The molecule has 3 atom stereocenters. The summed E-state index contributed by atoms with van der Waals surface area (Å²) in [6.07, 6.45) is 1.60. The monoisotopic (exact) mass is 574 g/mol. The van der Waals surface area contributed by atoms with Gasteiger partial charge < -0.3 is 31.3 Å². The first-order valence-electron chi connectivity index (χ1n) is 14.3. The third kappa shape index (κ3) is 8.97. The Morgan fingerprint density at radius 1 is 1.10 bits per heavy atom. The number of likely N-dealkylation sites (tertiary alicyclic amines) is 1. The van der Waals surface area contributed by atoms with E-state index < -0.39 is 30.5 Å². The van der Waals surface area contributed by atoms with Gasteiger partial charge in [-0.2, -0.15) is 0 Å². The molecular formula is C29H43FN6O5. The number of ether oxygens (including phenoxy) is 1. The second-order valence-corrected chi connectivity index (χ2v) is 10.9. The summed E-state index contributed by atoms with van der Waals surface area (Å²) >= 11 is 0. The van der Waals surface area contributed by atoms with Crippen molar-refractivity contribution in [1.82, 2.24) is 10.2 Å². The Morgan fingerprint density at radius 2 is 1.78 bits per heavy atom. The van der Waals surface area contributed by atoms with Crippen LogP contribution in [0.1, 0.15) is 56.3 Å². The first-order chi connectivity index (χ1) is 19.6. The van der Waals surface area contributed by atoms with Crippen LogP contribution in [0, 0.1) is 11.8 Å². The number of nitrogens with two attached hydrogens (primary N) is 2. The summed E-state index contributed by atoms with van der Waals surface area (Å²) in [6, 6.07) is 5.68. The van der Waals surface area contributed by atoms with Crippen LogP contribution in [0.15, 0.2) is 29.3 Å². The molecule has 12 heteroatoms. The van der Waals surface area contributed by atoms with E-state index in [0.717, 1.165) is 18.8 Å². The van der Waals surface area contributed by atoms with Crippen LogP contribution in [0.3, 0.4) is 0 Å². The molecule has 2 fully saturated rings. The largest absolute Gasteiger partial charge is 0.378 e. The molecule has 0 radical (unpaired) electrons. The van der Waals surface area contributed by atoms with E-state index in [1.165, 1.54) is 4.90 Å². The molecule has 5 N–H and O–H groups in total. The Labute approximate surface area is 240 Å². The van der Waals surface area contributed by atoms with E-state index in [2.05, 4.69) is 15.2 Å². The summed E-state index contributed by atoms with van der Waals surface area (Å²) in [5.74, 6) is -2.75. The number of ketones is 2. The van der Waals surface area contributed by atoms with Crippen molar-refractivity contribution in [2.75, 3.05) is 51.0 Å². The maximum Gasteiger partial charge on any atom is 0.251 e. The topological polar surface area (TPSA) is 160 Å². The van der Waals surface area contributed by atoms with E-state index in [0.29, 0.717) is 44.6 Å². The number of Topliss-reactive ketones (excluding diaryl/α,β-unsaturated/α-hetero) is 2. The molecule has 2 aliphatic rings. The van der Waals surface area contributed by atoms with E-state index in [1.54, 1.807) is 12.1 Å². The van der Waals surface area contributed by atoms with Gasteiger partial charge in [-0.05, 0) is 55.9 Å². The number of anilines is 1. The van der Waals surface area contributed by atoms with Gasteiger partial charge in [0.2, 0.25) is 5.91 Å². The van der Waals surface area contributed by atoms with Crippen LogP contribution in [0.25, 0.3) is 0 Å². The molecule has 3 rings (SSSR count). The lowest BCUT2D eigenvalue weighted by atomic mass is 9.90. The summed E-state index contributed by atoms with van der Waals surface area (Å²) in [6.45, 7) is 6.04. The summed E-state index contributed by atoms with van der Waals surface area (Å²) in [4.78, 5) is 59.9. The van der Waals surface area contributed by atoms with Gasteiger partial charge in [-0.15, -0.1) is 0 Å². The van der Waals surface area contributed by atoms with Gasteiger partial charge in [0.15, 0.2) is 17.5 Å². The zero-order valence-corrected chi connectivity index (χ0v) is 24.0. The van der Waals surface area contributed by atoms with Crippen LogP contribution in [0.4, 0.5) is 10.1 Å². The molecule has 11 nitrogen and oxygen atoms in total. The number of nitrogens with zero attached hydrogens (tertiary/aromatic N) is 3. The SMILES string of the molecule is CC(C)[C@H](NC(=O)c1ccc(N2CCOCC2)cc1)C(=O)N1CCC[C@H]1C(=O)C[C@@H](CCCN=C(N)N)C(=O)CF. The molecule has 0 aliphatic carbocycles. The Morgan fingerprint density at radius 3 is 2.39 bits per heavy atom. The van der Waals surface area contributed by atoms with Crippen LogP contribution in [0.2, 0.25) is 0 Å². The number of carbonyl (C=O) groups is 4. The van der Waals surface area contributed by atoms with Crippen molar-refractivity contribution < 1.29 is 28.3 Å². The van der Waals surface area contributed by atoms with E-state index in [4.69, 9.17) is 16.2 Å². The lowest BCUT2D eigenvalue weighted by Crippen LogP contribution is -2.54. The highest BCUT2D eigenvalue weighted by Gasteiger charge is 2.39. The number of morpholine rings is 1. The first-order valence-corrected chi connectivity index (χ1v) is 14.3. The van der Waals surface area contributed by atoms with Crippen molar-refractivity contribution in [3.63, 3.8) is 0 Å². The third-order valence-corrected chi connectivity index (χ3v) is 7.67. The average Bonchev–Trinajstić information content (AvgIpc) is 3.47. The van der Waals surface area contributed by atoms with Crippen LogP contribution >= 0.6 is 0 Å². The lowest BCUT2D eigenvalue weighted by Gasteiger charge is -2.31. The van der Waals surface area contributed by atoms with Crippen LogP contribution in [-0.4, -0.2) is 92.4 Å². The van der Waals surface area contributed by atoms with Crippen molar-refractivity contribution in [1.29, 1.82) is 0 Å². The lowest BCUT2D eigenvalue weighted by molar-refractivity contribution is -0.140. The summed E-state index contributed by atoms with van der Waals surface area (Å²) in [5, 5.41) is 2.87. The molecule has 41 heavy (non-hydrogen) atoms. The molecule has 2 aliphatic heterocycles. The van der Waals surface area contributed by atoms with Crippen molar-refractivity contribution in [2.24, 2.45) is 28.3 Å². The molecule has 2 saturated heterocycles. The minimum atomic E-state index is -1.16. The number of benzene rings is 1. The molecule has 2 heterocycles. The number of aliphatic imine (C=N–C) groups is 1. The van der Waals surface area contributed by atoms with Gasteiger partial charge in [-0.1, -0.05) is 13.8 Å². The van der Waals surface area contributed by atoms with Crippen molar-refractivity contribution in [3.05, 3.63) is 29.8 Å². The maximum absolute atomic E-state index is 13.7. The molecule has 226 valence electrons. The molecule has 1 aromatic carbocycles. The van der Waals surface area contributed by atoms with E-state index in [1.807, 2.05) is 26.0 Å². The number of nitrogens with one attached hydrogen (secondary N) is 1. The van der Waals surface area contributed by atoms with Crippen molar-refractivity contribution in [3.8, 4) is 0 Å². The van der Waals surface area contributed by atoms with Gasteiger partial charge in [0, 0.05) is 49.8 Å². The first kappa shape index (κ1) is 32.0. The molecule has 0 spiro atoms. The minimum absolute atomic E-state index is 0.0774. The number of hydrogen-bond donors (Lipinski definition) is 3.